The van der Waals surface area contributed by atoms with Crippen molar-refractivity contribution in [1.29, 1.82) is 0 Å². The van der Waals surface area contributed by atoms with Crippen molar-refractivity contribution in [2.45, 2.75) is 51.7 Å². The predicted octanol–water partition coefficient (Wildman–Crippen LogP) is 3.41. The molecule has 2 unspecified atom stereocenters. The van der Waals surface area contributed by atoms with Crippen LogP contribution in [0.15, 0.2) is 24.3 Å². The van der Waals surface area contributed by atoms with Crippen LogP contribution in [0.1, 0.15) is 51.3 Å². The van der Waals surface area contributed by atoms with Crippen LogP contribution in [-0.4, -0.2) is 13.2 Å². The molecule has 17 heavy (non-hydrogen) atoms. The van der Waals surface area contributed by atoms with Gasteiger partial charge in [-0.05, 0) is 29.9 Å². The van der Waals surface area contributed by atoms with Crippen LogP contribution in [0.5, 0.6) is 0 Å². The Morgan fingerprint density at radius 1 is 1.18 bits per heavy atom. The number of methoxy groups -OCH3 is 1. The highest BCUT2D eigenvalue weighted by molar-refractivity contribution is 5.29. The summed E-state index contributed by atoms with van der Waals surface area (Å²) in [5.74, 6) is 0. The van der Waals surface area contributed by atoms with Crippen molar-refractivity contribution >= 4 is 0 Å². The first kappa shape index (κ1) is 14.2. The van der Waals surface area contributed by atoms with Gasteiger partial charge in [-0.25, -0.2) is 0 Å². The number of benzene rings is 1. The number of rotatable bonds is 4. The number of hydrogen-bond acceptors (Lipinski definition) is 2. The van der Waals surface area contributed by atoms with Crippen molar-refractivity contribution in [3.63, 3.8) is 0 Å². The van der Waals surface area contributed by atoms with Crippen molar-refractivity contribution in [2.24, 2.45) is 5.73 Å². The highest BCUT2D eigenvalue weighted by atomic mass is 16.5. The van der Waals surface area contributed by atoms with E-state index in [0.29, 0.717) is 0 Å². The molecule has 0 saturated heterocycles. The molecule has 96 valence electrons. The van der Waals surface area contributed by atoms with Gasteiger partial charge in [-0.1, -0.05) is 45.0 Å². The minimum Gasteiger partial charge on any atom is -0.382 e. The second-order valence-electron chi connectivity index (χ2n) is 5.76. The van der Waals surface area contributed by atoms with Gasteiger partial charge in [0.1, 0.15) is 0 Å². The minimum absolute atomic E-state index is 0.0546. The summed E-state index contributed by atoms with van der Waals surface area (Å²) in [5, 5.41) is 0. The average Bonchev–Trinajstić information content (AvgIpc) is 2.27. The normalized spacial score (nSPS) is 15.6. The molecular formula is C15H25NO. The van der Waals surface area contributed by atoms with E-state index in [1.807, 2.05) is 6.92 Å². The SMILES string of the molecule is COC(C)CC(N)c1ccc(C(C)(C)C)cc1. The van der Waals surface area contributed by atoms with Crippen molar-refractivity contribution in [3.05, 3.63) is 35.4 Å². The van der Waals surface area contributed by atoms with E-state index in [-0.39, 0.29) is 17.6 Å². The molecule has 0 aliphatic rings. The molecule has 0 fully saturated rings. The molecule has 1 rings (SSSR count). The molecule has 0 radical (unpaired) electrons. The van der Waals surface area contributed by atoms with Gasteiger partial charge in [0.25, 0.3) is 0 Å². The first-order valence-electron chi connectivity index (χ1n) is 6.23. The quantitative estimate of drug-likeness (QED) is 0.868. The van der Waals surface area contributed by atoms with Crippen LogP contribution in [0, 0.1) is 0 Å². The molecule has 0 aliphatic heterocycles. The summed E-state index contributed by atoms with van der Waals surface area (Å²) < 4.78 is 5.24. The first-order valence-corrected chi connectivity index (χ1v) is 6.23. The summed E-state index contributed by atoms with van der Waals surface area (Å²) in [6, 6.07) is 8.67. The first-order chi connectivity index (χ1) is 7.84. The zero-order chi connectivity index (χ0) is 13.1. The van der Waals surface area contributed by atoms with Crippen molar-refractivity contribution in [2.75, 3.05) is 7.11 Å². The van der Waals surface area contributed by atoms with Crippen LogP contribution >= 0.6 is 0 Å². The predicted molar refractivity (Wildman–Crippen MR) is 73.2 cm³/mol. The fraction of sp³-hybridized carbons (Fsp3) is 0.600. The van der Waals surface area contributed by atoms with E-state index in [9.17, 15) is 0 Å². The van der Waals surface area contributed by atoms with Crippen LogP contribution in [0.2, 0.25) is 0 Å². The smallest absolute Gasteiger partial charge is 0.0561 e. The molecule has 0 bridgehead atoms. The Kier molecular flexibility index (Phi) is 4.72. The monoisotopic (exact) mass is 235 g/mol. The van der Waals surface area contributed by atoms with Gasteiger partial charge in [0.2, 0.25) is 0 Å². The Morgan fingerprint density at radius 3 is 2.12 bits per heavy atom. The molecule has 0 amide bonds. The number of ether oxygens (including phenoxy) is 1. The average molecular weight is 235 g/mol. The highest BCUT2D eigenvalue weighted by Gasteiger charge is 2.15. The largest absolute Gasteiger partial charge is 0.382 e. The fourth-order valence-corrected chi connectivity index (χ4v) is 1.82. The lowest BCUT2D eigenvalue weighted by Gasteiger charge is -2.21. The lowest BCUT2D eigenvalue weighted by molar-refractivity contribution is 0.104. The Labute approximate surface area is 105 Å². The van der Waals surface area contributed by atoms with E-state index in [1.54, 1.807) is 7.11 Å². The van der Waals surface area contributed by atoms with Crippen molar-refractivity contribution in [3.8, 4) is 0 Å². The zero-order valence-electron chi connectivity index (χ0n) is 11.7. The summed E-state index contributed by atoms with van der Waals surface area (Å²) in [7, 11) is 1.72. The van der Waals surface area contributed by atoms with Crippen LogP contribution in [0.4, 0.5) is 0 Å². The Morgan fingerprint density at radius 2 is 1.71 bits per heavy atom. The summed E-state index contributed by atoms with van der Waals surface area (Å²) in [5.41, 5.74) is 8.87. The molecular weight excluding hydrogens is 210 g/mol. The zero-order valence-corrected chi connectivity index (χ0v) is 11.7. The van der Waals surface area contributed by atoms with Gasteiger partial charge < -0.3 is 10.5 Å². The molecule has 0 heterocycles. The molecule has 2 heteroatoms. The Balaban J connectivity index is 2.74. The molecule has 2 N–H and O–H groups in total. The maximum Gasteiger partial charge on any atom is 0.0561 e. The number of hydrogen-bond donors (Lipinski definition) is 1. The third kappa shape index (κ3) is 4.14. The van der Waals surface area contributed by atoms with Gasteiger partial charge >= 0.3 is 0 Å². The van der Waals surface area contributed by atoms with Gasteiger partial charge in [-0.15, -0.1) is 0 Å². The van der Waals surface area contributed by atoms with Gasteiger partial charge in [-0.3, -0.25) is 0 Å². The van der Waals surface area contributed by atoms with Crippen LogP contribution < -0.4 is 5.73 Å². The van der Waals surface area contributed by atoms with Gasteiger partial charge in [0, 0.05) is 13.2 Å². The maximum atomic E-state index is 6.15. The van der Waals surface area contributed by atoms with Crippen molar-refractivity contribution < 1.29 is 4.74 Å². The van der Waals surface area contributed by atoms with E-state index in [1.165, 1.54) is 11.1 Å². The highest BCUT2D eigenvalue weighted by Crippen LogP contribution is 2.24. The third-order valence-corrected chi connectivity index (χ3v) is 3.19. The number of nitrogens with two attached hydrogens (primary N) is 1. The van der Waals surface area contributed by atoms with Gasteiger partial charge in [-0.2, -0.15) is 0 Å². The third-order valence-electron chi connectivity index (χ3n) is 3.19. The topological polar surface area (TPSA) is 35.2 Å². The Bertz CT molecular complexity index is 337. The fourth-order valence-electron chi connectivity index (χ4n) is 1.82. The van der Waals surface area contributed by atoms with Crippen molar-refractivity contribution in [1.82, 2.24) is 0 Å². The molecule has 0 aliphatic carbocycles. The van der Waals surface area contributed by atoms with E-state index in [2.05, 4.69) is 45.0 Å². The van der Waals surface area contributed by atoms with Crippen LogP contribution in [-0.2, 0) is 10.2 Å². The summed E-state index contributed by atoms with van der Waals surface area (Å²) in [6.45, 7) is 8.70. The second kappa shape index (κ2) is 5.65. The van der Waals surface area contributed by atoms with E-state index < -0.39 is 0 Å². The van der Waals surface area contributed by atoms with Crippen LogP contribution in [0.25, 0.3) is 0 Å². The summed E-state index contributed by atoms with van der Waals surface area (Å²) in [6.07, 6.45) is 1.05. The Hall–Kier alpha value is -0.860. The van der Waals surface area contributed by atoms with Gasteiger partial charge in [0.15, 0.2) is 0 Å². The minimum atomic E-state index is 0.0546. The summed E-state index contributed by atoms with van der Waals surface area (Å²) in [4.78, 5) is 0. The molecule has 1 aromatic rings. The van der Waals surface area contributed by atoms with Crippen LogP contribution in [0.3, 0.4) is 0 Å². The lowest BCUT2D eigenvalue weighted by atomic mass is 9.86. The molecule has 1 aromatic carbocycles. The molecule has 2 nitrogen and oxygen atoms in total. The molecule has 2 atom stereocenters. The van der Waals surface area contributed by atoms with E-state index in [4.69, 9.17) is 10.5 Å². The second-order valence-corrected chi connectivity index (χ2v) is 5.76. The maximum absolute atomic E-state index is 6.15. The van der Waals surface area contributed by atoms with E-state index >= 15 is 0 Å². The standard InChI is InChI=1S/C15H25NO/c1-11(17-5)10-14(16)12-6-8-13(9-7-12)15(2,3)4/h6-9,11,14H,10,16H2,1-5H3. The molecule has 0 saturated carbocycles. The molecule has 0 aromatic heterocycles. The molecule has 0 spiro atoms. The van der Waals surface area contributed by atoms with E-state index in [0.717, 1.165) is 6.42 Å². The summed E-state index contributed by atoms with van der Waals surface area (Å²) >= 11 is 0. The van der Waals surface area contributed by atoms with Gasteiger partial charge in [0.05, 0.1) is 6.10 Å². The lowest BCUT2D eigenvalue weighted by Crippen LogP contribution is -2.18.